The normalized spacial score (nSPS) is 10.9. The van der Waals surface area contributed by atoms with Gasteiger partial charge in [-0.05, 0) is 42.0 Å². The van der Waals surface area contributed by atoms with Crippen LogP contribution in [0.4, 0.5) is 5.13 Å². The fraction of sp³-hybridized carbons (Fsp3) is 0.105. The lowest BCUT2D eigenvalue weighted by atomic mass is 10.2. The molecule has 0 saturated heterocycles. The molecule has 0 spiro atoms. The van der Waals surface area contributed by atoms with Crippen LogP contribution in [-0.4, -0.2) is 24.2 Å². The van der Waals surface area contributed by atoms with Crippen molar-refractivity contribution in [2.45, 2.75) is 6.92 Å². The molecule has 1 amide bonds. The molecule has 0 fully saturated rings. The highest BCUT2D eigenvalue weighted by molar-refractivity contribution is 9.10. The maximum atomic E-state index is 12.0. The summed E-state index contributed by atoms with van der Waals surface area (Å²) in [5.74, 6) is 0.566. The van der Waals surface area contributed by atoms with Crippen LogP contribution in [-0.2, 0) is 4.79 Å². The Hall–Kier alpha value is -2.51. The van der Waals surface area contributed by atoms with Crippen LogP contribution in [0.3, 0.4) is 0 Å². The Morgan fingerprint density at radius 2 is 1.88 bits per heavy atom. The number of carbonyl (C=O) groups excluding carboxylic acids is 1. The molecule has 7 heteroatoms. The minimum Gasteiger partial charge on any atom is -0.497 e. The molecule has 132 valence electrons. The van der Waals surface area contributed by atoms with Gasteiger partial charge in [-0.25, -0.2) is 4.98 Å². The van der Waals surface area contributed by atoms with E-state index in [4.69, 9.17) is 4.74 Å². The summed E-state index contributed by atoms with van der Waals surface area (Å²) >= 11 is 4.79. The smallest absolute Gasteiger partial charge is 0.246 e. The van der Waals surface area contributed by atoms with Gasteiger partial charge in [-0.2, -0.15) is 10.1 Å². The molecule has 0 unspecified atom stereocenters. The molecule has 5 nitrogen and oxygen atoms in total. The van der Waals surface area contributed by atoms with E-state index in [9.17, 15) is 4.79 Å². The lowest BCUT2D eigenvalue weighted by molar-refractivity contribution is -0.116. The third-order valence-corrected chi connectivity index (χ3v) is 4.89. The van der Waals surface area contributed by atoms with E-state index in [1.165, 1.54) is 23.3 Å². The number of anilines is 1. The lowest BCUT2D eigenvalue weighted by Gasteiger charge is -2.10. The number of amides is 1. The summed E-state index contributed by atoms with van der Waals surface area (Å²) in [4.78, 5) is 16.6. The van der Waals surface area contributed by atoms with Gasteiger partial charge in [0.2, 0.25) is 11.0 Å². The summed E-state index contributed by atoms with van der Waals surface area (Å²) in [6.45, 7) is 1.46. The Labute approximate surface area is 164 Å². The standard InChI is InChI=1S/C19H16BrN3O2S/c1-13(24)23(21-11-14-3-9-17(25-2)10-4-14)19-22-18(12-26-19)15-5-7-16(20)8-6-15/h3-12H,1-2H3. The Morgan fingerprint density at radius 1 is 1.19 bits per heavy atom. The van der Waals surface area contributed by atoms with Crippen molar-refractivity contribution in [1.29, 1.82) is 0 Å². The van der Waals surface area contributed by atoms with Crippen LogP contribution in [0.15, 0.2) is 63.5 Å². The molecule has 0 aliphatic rings. The average molecular weight is 430 g/mol. The number of carbonyl (C=O) groups is 1. The van der Waals surface area contributed by atoms with Crippen molar-refractivity contribution in [3.8, 4) is 17.0 Å². The molecule has 0 aliphatic heterocycles. The van der Waals surface area contributed by atoms with Crippen LogP contribution in [0.25, 0.3) is 11.3 Å². The van der Waals surface area contributed by atoms with Crippen molar-refractivity contribution in [2.75, 3.05) is 12.1 Å². The van der Waals surface area contributed by atoms with Crippen molar-refractivity contribution >= 4 is 44.5 Å². The molecule has 0 saturated carbocycles. The molecule has 3 rings (SSSR count). The summed E-state index contributed by atoms with van der Waals surface area (Å²) in [6, 6.07) is 15.3. The highest BCUT2D eigenvalue weighted by Crippen LogP contribution is 2.28. The number of rotatable bonds is 5. The van der Waals surface area contributed by atoms with E-state index >= 15 is 0 Å². The maximum absolute atomic E-state index is 12.0. The van der Waals surface area contributed by atoms with E-state index in [2.05, 4.69) is 26.0 Å². The molecule has 0 radical (unpaired) electrons. The summed E-state index contributed by atoms with van der Waals surface area (Å²) in [6.07, 6.45) is 1.63. The minimum absolute atomic E-state index is 0.202. The van der Waals surface area contributed by atoms with E-state index in [1.807, 2.05) is 53.9 Å². The number of methoxy groups -OCH3 is 1. The number of nitrogens with zero attached hydrogens (tertiary/aromatic N) is 3. The zero-order valence-electron chi connectivity index (χ0n) is 14.2. The Morgan fingerprint density at radius 3 is 2.50 bits per heavy atom. The molecular formula is C19H16BrN3O2S. The van der Waals surface area contributed by atoms with E-state index in [0.29, 0.717) is 5.13 Å². The Balaban J connectivity index is 1.82. The quantitative estimate of drug-likeness (QED) is 0.424. The lowest BCUT2D eigenvalue weighted by Crippen LogP contribution is -2.22. The molecular weight excluding hydrogens is 414 g/mol. The second-order valence-corrected chi connectivity index (χ2v) is 7.12. The van der Waals surface area contributed by atoms with Crippen molar-refractivity contribution < 1.29 is 9.53 Å². The van der Waals surface area contributed by atoms with Crippen LogP contribution in [0.1, 0.15) is 12.5 Å². The first-order valence-electron chi connectivity index (χ1n) is 7.77. The van der Waals surface area contributed by atoms with Gasteiger partial charge in [0.05, 0.1) is 19.0 Å². The van der Waals surface area contributed by atoms with Gasteiger partial charge in [0.25, 0.3) is 0 Å². The predicted molar refractivity (Wildman–Crippen MR) is 109 cm³/mol. The van der Waals surface area contributed by atoms with Gasteiger partial charge in [0, 0.05) is 22.3 Å². The van der Waals surface area contributed by atoms with Crippen LogP contribution in [0.5, 0.6) is 5.75 Å². The second-order valence-electron chi connectivity index (χ2n) is 5.37. The number of hydrazone groups is 1. The fourth-order valence-corrected chi connectivity index (χ4v) is 3.29. The minimum atomic E-state index is -0.202. The fourth-order valence-electron chi connectivity index (χ4n) is 2.19. The van der Waals surface area contributed by atoms with Gasteiger partial charge in [-0.1, -0.05) is 28.1 Å². The zero-order valence-corrected chi connectivity index (χ0v) is 16.6. The predicted octanol–water partition coefficient (Wildman–Crippen LogP) is 4.97. The van der Waals surface area contributed by atoms with Crippen LogP contribution in [0.2, 0.25) is 0 Å². The number of thiazole rings is 1. The van der Waals surface area contributed by atoms with Gasteiger partial charge in [0.1, 0.15) is 5.75 Å². The largest absolute Gasteiger partial charge is 0.497 e. The van der Waals surface area contributed by atoms with Crippen molar-refractivity contribution in [3.63, 3.8) is 0 Å². The second kappa shape index (κ2) is 8.25. The molecule has 3 aromatic rings. The molecule has 0 atom stereocenters. The highest BCUT2D eigenvalue weighted by atomic mass is 79.9. The number of hydrogen-bond acceptors (Lipinski definition) is 5. The Bertz CT molecular complexity index is 921. The van der Waals surface area contributed by atoms with Crippen molar-refractivity contribution in [2.24, 2.45) is 5.10 Å². The van der Waals surface area contributed by atoms with Crippen LogP contribution in [0, 0.1) is 0 Å². The zero-order chi connectivity index (χ0) is 18.5. The summed E-state index contributed by atoms with van der Waals surface area (Å²) in [5.41, 5.74) is 2.66. The molecule has 2 aromatic carbocycles. The molecule has 1 aromatic heterocycles. The van der Waals surface area contributed by atoms with E-state index in [1.54, 1.807) is 13.3 Å². The van der Waals surface area contributed by atoms with Crippen LogP contribution < -0.4 is 9.75 Å². The van der Waals surface area contributed by atoms with Crippen LogP contribution >= 0.6 is 27.3 Å². The average Bonchev–Trinajstić information content (AvgIpc) is 3.12. The third-order valence-electron chi connectivity index (χ3n) is 3.55. The summed E-state index contributed by atoms with van der Waals surface area (Å²) in [7, 11) is 1.62. The van der Waals surface area contributed by atoms with E-state index in [0.717, 1.165) is 27.0 Å². The first-order chi connectivity index (χ1) is 12.6. The first-order valence-corrected chi connectivity index (χ1v) is 9.44. The first kappa shape index (κ1) is 18.3. The SMILES string of the molecule is COc1ccc(C=NN(C(C)=O)c2nc(-c3ccc(Br)cc3)cs2)cc1. The number of benzene rings is 2. The third kappa shape index (κ3) is 4.36. The van der Waals surface area contributed by atoms with Gasteiger partial charge in [-0.15, -0.1) is 11.3 Å². The molecule has 0 N–H and O–H groups in total. The Kier molecular flexibility index (Phi) is 5.80. The van der Waals surface area contributed by atoms with Crippen molar-refractivity contribution in [1.82, 2.24) is 4.98 Å². The highest BCUT2D eigenvalue weighted by Gasteiger charge is 2.15. The van der Waals surface area contributed by atoms with E-state index in [-0.39, 0.29) is 5.91 Å². The topological polar surface area (TPSA) is 54.8 Å². The summed E-state index contributed by atoms with van der Waals surface area (Å²) < 4.78 is 6.14. The van der Waals surface area contributed by atoms with Gasteiger partial charge >= 0.3 is 0 Å². The molecule has 26 heavy (non-hydrogen) atoms. The van der Waals surface area contributed by atoms with Gasteiger partial charge in [-0.3, -0.25) is 4.79 Å². The number of ether oxygens (including phenoxy) is 1. The number of hydrogen-bond donors (Lipinski definition) is 0. The number of aromatic nitrogens is 1. The van der Waals surface area contributed by atoms with Crippen molar-refractivity contribution in [3.05, 3.63) is 63.9 Å². The molecule has 1 heterocycles. The monoisotopic (exact) mass is 429 g/mol. The molecule has 0 aliphatic carbocycles. The van der Waals surface area contributed by atoms with E-state index < -0.39 is 0 Å². The van der Waals surface area contributed by atoms with Gasteiger partial charge in [0.15, 0.2) is 0 Å². The maximum Gasteiger partial charge on any atom is 0.246 e. The summed E-state index contributed by atoms with van der Waals surface area (Å²) in [5, 5.41) is 8.04. The van der Waals surface area contributed by atoms with Gasteiger partial charge < -0.3 is 4.74 Å². The number of halogens is 1. The molecule has 0 bridgehead atoms.